The SMILES string of the molecule is COC1(CNC(=O)C(CC(=O)O)NC(=O)OCC2c3ccccc3-c3ccccc32)CCCCC1. The fourth-order valence-electron chi connectivity index (χ4n) is 5.19. The van der Waals surface area contributed by atoms with Crippen molar-refractivity contribution >= 4 is 18.0 Å². The van der Waals surface area contributed by atoms with Crippen LogP contribution in [0.3, 0.4) is 0 Å². The second-order valence-electron chi connectivity index (χ2n) is 9.29. The Morgan fingerprint density at radius 3 is 2.17 bits per heavy atom. The topological polar surface area (TPSA) is 114 Å². The van der Waals surface area contributed by atoms with Gasteiger partial charge < -0.3 is 25.2 Å². The molecule has 0 spiro atoms. The Kier molecular flexibility index (Phi) is 7.70. The van der Waals surface area contributed by atoms with Crippen molar-refractivity contribution in [2.24, 2.45) is 0 Å². The molecule has 2 aromatic carbocycles. The van der Waals surface area contributed by atoms with Gasteiger partial charge in [-0.3, -0.25) is 9.59 Å². The van der Waals surface area contributed by atoms with Crippen molar-refractivity contribution in [2.75, 3.05) is 20.3 Å². The number of ether oxygens (including phenoxy) is 2. The Bertz CT molecular complexity index is 1030. The van der Waals surface area contributed by atoms with Crippen LogP contribution in [0.2, 0.25) is 0 Å². The number of rotatable bonds is 9. The van der Waals surface area contributed by atoms with Crippen LogP contribution in [-0.4, -0.2) is 55.0 Å². The van der Waals surface area contributed by atoms with Gasteiger partial charge in [0.1, 0.15) is 12.6 Å². The summed E-state index contributed by atoms with van der Waals surface area (Å²) >= 11 is 0. The van der Waals surface area contributed by atoms with E-state index in [1.165, 1.54) is 0 Å². The van der Waals surface area contributed by atoms with Crippen molar-refractivity contribution in [1.29, 1.82) is 0 Å². The van der Waals surface area contributed by atoms with Crippen molar-refractivity contribution in [3.8, 4) is 11.1 Å². The van der Waals surface area contributed by atoms with Gasteiger partial charge in [-0.1, -0.05) is 67.8 Å². The number of methoxy groups -OCH3 is 1. The zero-order chi connectivity index (χ0) is 24.8. The quantitative estimate of drug-likeness (QED) is 0.503. The first-order valence-corrected chi connectivity index (χ1v) is 12.1. The van der Waals surface area contributed by atoms with Crippen molar-refractivity contribution in [1.82, 2.24) is 10.6 Å². The molecule has 0 aromatic heterocycles. The third kappa shape index (κ3) is 5.65. The number of benzene rings is 2. The Labute approximate surface area is 205 Å². The van der Waals surface area contributed by atoms with Gasteiger partial charge in [0.2, 0.25) is 5.91 Å². The largest absolute Gasteiger partial charge is 0.481 e. The van der Waals surface area contributed by atoms with Crippen LogP contribution in [0.25, 0.3) is 11.1 Å². The number of hydrogen-bond donors (Lipinski definition) is 3. The Morgan fingerprint density at radius 2 is 1.60 bits per heavy atom. The molecule has 0 heterocycles. The molecule has 186 valence electrons. The van der Waals surface area contributed by atoms with Crippen molar-refractivity contribution in [3.63, 3.8) is 0 Å². The third-order valence-electron chi connectivity index (χ3n) is 7.11. The molecule has 2 aliphatic rings. The summed E-state index contributed by atoms with van der Waals surface area (Å²) in [6.45, 7) is 0.346. The first kappa shape index (κ1) is 24.7. The summed E-state index contributed by atoms with van der Waals surface area (Å²) in [6.07, 6.45) is 3.44. The molecule has 0 bridgehead atoms. The van der Waals surface area contributed by atoms with Crippen LogP contribution < -0.4 is 10.6 Å². The maximum Gasteiger partial charge on any atom is 0.407 e. The fourth-order valence-corrected chi connectivity index (χ4v) is 5.19. The van der Waals surface area contributed by atoms with E-state index < -0.39 is 36.0 Å². The molecule has 1 unspecified atom stereocenters. The smallest absolute Gasteiger partial charge is 0.407 e. The summed E-state index contributed by atoms with van der Waals surface area (Å²) in [5.41, 5.74) is 3.90. The van der Waals surface area contributed by atoms with Gasteiger partial charge in [0.05, 0.1) is 12.0 Å². The van der Waals surface area contributed by atoms with Crippen molar-refractivity contribution in [3.05, 3.63) is 59.7 Å². The van der Waals surface area contributed by atoms with E-state index in [2.05, 4.69) is 10.6 Å². The van der Waals surface area contributed by atoms with Crippen LogP contribution in [0.15, 0.2) is 48.5 Å². The monoisotopic (exact) mass is 480 g/mol. The van der Waals surface area contributed by atoms with Gasteiger partial charge >= 0.3 is 12.1 Å². The lowest BCUT2D eigenvalue weighted by molar-refractivity contribution is -0.140. The molecule has 8 heteroatoms. The fraction of sp³-hybridized carbons (Fsp3) is 0.444. The average Bonchev–Trinajstić information content (AvgIpc) is 3.19. The molecule has 0 radical (unpaired) electrons. The summed E-state index contributed by atoms with van der Waals surface area (Å²) in [4.78, 5) is 36.8. The molecule has 0 saturated heterocycles. The second-order valence-corrected chi connectivity index (χ2v) is 9.29. The van der Waals surface area contributed by atoms with E-state index in [9.17, 15) is 19.5 Å². The number of alkyl carbamates (subject to hydrolysis) is 1. The lowest BCUT2D eigenvalue weighted by atomic mass is 9.84. The number of carbonyl (C=O) groups is 3. The molecule has 2 aromatic rings. The first-order chi connectivity index (χ1) is 16.9. The minimum Gasteiger partial charge on any atom is -0.481 e. The number of carbonyl (C=O) groups excluding carboxylic acids is 2. The highest BCUT2D eigenvalue weighted by Gasteiger charge is 2.34. The van der Waals surface area contributed by atoms with Gasteiger partial charge in [-0.05, 0) is 35.1 Å². The second kappa shape index (κ2) is 10.9. The minimum atomic E-state index is -1.25. The highest BCUT2D eigenvalue weighted by atomic mass is 16.5. The molecule has 2 amide bonds. The molecule has 1 atom stereocenters. The maximum atomic E-state index is 12.8. The standard InChI is InChI=1S/C27H32N2O6/c1-34-27(13-7-2-8-14-27)17-28-25(32)23(15-24(30)31)29-26(33)35-16-22-20-11-5-3-9-18(20)19-10-4-6-12-21(19)22/h3-6,9-12,22-23H,2,7-8,13-17H2,1H3,(H,28,32)(H,29,33)(H,30,31). The molecule has 0 aliphatic heterocycles. The van der Waals surface area contributed by atoms with Crippen LogP contribution in [-0.2, 0) is 19.1 Å². The van der Waals surface area contributed by atoms with Crippen LogP contribution >= 0.6 is 0 Å². The van der Waals surface area contributed by atoms with Crippen LogP contribution in [0.1, 0.15) is 55.6 Å². The number of amides is 2. The van der Waals surface area contributed by atoms with Gasteiger partial charge in [0.15, 0.2) is 0 Å². The van der Waals surface area contributed by atoms with E-state index in [4.69, 9.17) is 9.47 Å². The number of carboxylic acids is 1. The Balaban J connectivity index is 1.37. The van der Waals surface area contributed by atoms with Gasteiger partial charge in [0, 0.05) is 19.6 Å². The van der Waals surface area contributed by atoms with Crippen LogP contribution in [0, 0.1) is 0 Å². The number of fused-ring (bicyclic) bond motifs is 3. The first-order valence-electron chi connectivity index (χ1n) is 12.1. The highest BCUT2D eigenvalue weighted by Crippen LogP contribution is 2.44. The lowest BCUT2D eigenvalue weighted by Gasteiger charge is -2.36. The predicted molar refractivity (Wildman–Crippen MR) is 130 cm³/mol. The molecule has 3 N–H and O–H groups in total. The zero-order valence-electron chi connectivity index (χ0n) is 19.9. The van der Waals surface area contributed by atoms with Gasteiger partial charge in [-0.2, -0.15) is 0 Å². The zero-order valence-corrected chi connectivity index (χ0v) is 19.9. The van der Waals surface area contributed by atoms with Crippen molar-refractivity contribution < 1.29 is 29.0 Å². The molecule has 35 heavy (non-hydrogen) atoms. The Hall–Kier alpha value is -3.39. The summed E-state index contributed by atoms with van der Waals surface area (Å²) in [5, 5.41) is 14.5. The number of hydrogen-bond acceptors (Lipinski definition) is 5. The van der Waals surface area contributed by atoms with Crippen molar-refractivity contribution in [2.45, 2.75) is 56.1 Å². The van der Waals surface area contributed by atoms with Gasteiger partial charge in [0.25, 0.3) is 0 Å². The van der Waals surface area contributed by atoms with E-state index >= 15 is 0 Å². The third-order valence-corrected chi connectivity index (χ3v) is 7.11. The summed E-state index contributed by atoms with van der Waals surface area (Å²) in [5.74, 6) is -1.89. The molecular formula is C27H32N2O6. The number of aliphatic carboxylic acids is 1. The van der Waals surface area contributed by atoms with E-state index in [0.717, 1.165) is 54.4 Å². The molecule has 1 saturated carbocycles. The maximum absolute atomic E-state index is 12.8. The minimum absolute atomic E-state index is 0.0774. The molecule has 4 rings (SSSR count). The number of nitrogens with one attached hydrogen (secondary N) is 2. The normalized spacial score (nSPS) is 17.1. The van der Waals surface area contributed by atoms with Crippen LogP contribution in [0.5, 0.6) is 0 Å². The Morgan fingerprint density at radius 1 is 1.00 bits per heavy atom. The number of carboxylic acid groups (broad SMARTS) is 1. The van der Waals surface area contributed by atoms with Crippen LogP contribution in [0.4, 0.5) is 4.79 Å². The lowest BCUT2D eigenvalue weighted by Crippen LogP contribution is -2.52. The van der Waals surface area contributed by atoms with E-state index in [1.54, 1.807) is 7.11 Å². The summed E-state index contributed by atoms with van der Waals surface area (Å²) in [7, 11) is 1.63. The van der Waals surface area contributed by atoms with E-state index in [-0.39, 0.29) is 19.1 Å². The molecule has 1 fully saturated rings. The summed E-state index contributed by atoms with van der Waals surface area (Å²) in [6, 6.07) is 14.7. The highest BCUT2D eigenvalue weighted by molar-refractivity contribution is 5.89. The molecule has 2 aliphatic carbocycles. The molecule has 8 nitrogen and oxygen atoms in total. The average molecular weight is 481 g/mol. The summed E-state index contributed by atoms with van der Waals surface area (Å²) < 4.78 is 11.2. The van der Waals surface area contributed by atoms with Gasteiger partial charge in [-0.25, -0.2) is 4.79 Å². The molecular weight excluding hydrogens is 448 g/mol. The van der Waals surface area contributed by atoms with Gasteiger partial charge in [-0.15, -0.1) is 0 Å². The van der Waals surface area contributed by atoms with E-state index in [0.29, 0.717) is 0 Å². The van der Waals surface area contributed by atoms with E-state index in [1.807, 2.05) is 48.5 Å². The predicted octanol–water partition coefficient (Wildman–Crippen LogP) is 3.83.